The molecule has 2 aliphatic carbocycles. The van der Waals surface area contributed by atoms with Gasteiger partial charge in [-0.1, -0.05) is 76.2 Å². The fraction of sp³-hybridized carbons (Fsp3) is 0.500. The quantitative estimate of drug-likeness (QED) is 0.563. The molecule has 0 saturated heterocycles. The zero-order chi connectivity index (χ0) is 16.9. The molecule has 0 heterocycles. The Bertz CT molecular complexity index is 685. The van der Waals surface area contributed by atoms with Gasteiger partial charge in [-0.3, -0.25) is 0 Å². The molecule has 0 aliphatic heterocycles. The molecule has 0 N–H and O–H groups in total. The van der Waals surface area contributed by atoms with E-state index in [-0.39, 0.29) is 0 Å². The number of rotatable bonds is 1. The SMILES string of the molecule is CC1(C)CCc2ccccc2C1C1c2ccccc2CCC1(C)C. The van der Waals surface area contributed by atoms with Gasteiger partial charge in [0.2, 0.25) is 0 Å². The molecule has 126 valence electrons. The molecule has 2 atom stereocenters. The van der Waals surface area contributed by atoms with Crippen molar-refractivity contribution in [3.05, 3.63) is 70.8 Å². The number of hydrogen-bond acceptors (Lipinski definition) is 0. The first-order valence-corrected chi connectivity index (χ1v) is 9.56. The molecule has 2 unspecified atom stereocenters. The van der Waals surface area contributed by atoms with Crippen LogP contribution in [-0.2, 0) is 12.8 Å². The lowest BCUT2D eigenvalue weighted by atomic mass is 9.52. The third-order valence-electron chi connectivity index (χ3n) is 6.87. The van der Waals surface area contributed by atoms with Gasteiger partial charge in [0.1, 0.15) is 0 Å². The Balaban J connectivity index is 1.93. The molecule has 0 bridgehead atoms. The highest BCUT2D eigenvalue weighted by Gasteiger charge is 2.48. The number of benzene rings is 2. The second-order valence-corrected chi connectivity index (χ2v) is 9.33. The Labute approximate surface area is 147 Å². The molecule has 0 amide bonds. The predicted molar refractivity (Wildman–Crippen MR) is 103 cm³/mol. The molecule has 0 spiro atoms. The van der Waals surface area contributed by atoms with Crippen molar-refractivity contribution < 1.29 is 0 Å². The Kier molecular flexibility index (Phi) is 3.64. The fourth-order valence-corrected chi connectivity index (χ4v) is 5.46. The maximum atomic E-state index is 2.50. The maximum Gasteiger partial charge on any atom is -0.00337 e. The first-order valence-electron chi connectivity index (χ1n) is 9.56. The van der Waals surface area contributed by atoms with Gasteiger partial charge in [0.25, 0.3) is 0 Å². The van der Waals surface area contributed by atoms with E-state index in [2.05, 4.69) is 76.2 Å². The van der Waals surface area contributed by atoms with Crippen LogP contribution in [0.1, 0.15) is 74.6 Å². The molecular formula is C24H30. The van der Waals surface area contributed by atoms with E-state index >= 15 is 0 Å². The average Bonchev–Trinajstić information content (AvgIpc) is 2.55. The summed E-state index contributed by atoms with van der Waals surface area (Å²) in [7, 11) is 0. The summed E-state index contributed by atoms with van der Waals surface area (Å²) in [6.07, 6.45) is 5.05. The zero-order valence-electron chi connectivity index (χ0n) is 15.6. The highest BCUT2D eigenvalue weighted by Crippen LogP contribution is 2.60. The molecule has 2 aliphatic rings. The topological polar surface area (TPSA) is 0 Å². The van der Waals surface area contributed by atoms with Gasteiger partial charge in [0.05, 0.1) is 0 Å². The van der Waals surface area contributed by atoms with Crippen LogP contribution in [0.3, 0.4) is 0 Å². The van der Waals surface area contributed by atoms with Crippen molar-refractivity contribution in [1.29, 1.82) is 0 Å². The lowest BCUT2D eigenvalue weighted by Gasteiger charge is -2.52. The molecule has 4 rings (SSSR count). The largest absolute Gasteiger partial charge is 0.0620 e. The monoisotopic (exact) mass is 318 g/mol. The summed E-state index contributed by atoms with van der Waals surface area (Å²) in [5.74, 6) is 1.22. The van der Waals surface area contributed by atoms with Gasteiger partial charge in [-0.05, 0) is 70.6 Å². The van der Waals surface area contributed by atoms with E-state index in [4.69, 9.17) is 0 Å². The van der Waals surface area contributed by atoms with E-state index in [1.165, 1.54) is 25.7 Å². The highest BCUT2D eigenvalue weighted by atomic mass is 14.5. The van der Waals surface area contributed by atoms with Crippen LogP contribution < -0.4 is 0 Å². The van der Waals surface area contributed by atoms with Crippen molar-refractivity contribution in [3.8, 4) is 0 Å². The van der Waals surface area contributed by atoms with Crippen molar-refractivity contribution >= 4 is 0 Å². The van der Waals surface area contributed by atoms with Gasteiger partial charge < -0.3 is 0 Å². The lowest BCUT2D eigenvalue weighted by Crippen LogP contribution is -2.40. The van der Waals surface area contributed by atoms with Gasteiger partial charge >= 0.3 is 0 Å². The second kappa shape index (κ2) is 5.48. The molecule has 0 aromatic heterocycles. The van der Waals surface area contributed by atoms with Crippen LogP contribution >= 0.6 is 0 Å². The molecule has 2 aromatic rings. The Morgan fingerprint density at radius 1 is 0.625 bits per heavy atom. The summed E-state index contributed by atoms with van der Waals surface area (Å²) < 4.78 is 0. The van der Waals surface area contributed by atoms with Crippen molar-refractivity contribution in [2.24, 2.45) is 10.8 Å². The average molecular weight is 319 g/mol. The number of hydrogen-bond donors (Lipinski definition) is 0. The van der Waals surface area contributed by atoms with Gasteiger partial charge in [0.15, 0.2) is 0 Å². The van der Waals surface area contributed by atoms with E-state index in [0.717, 1.165) is 0 Å². The van der Waals surface area contributed by atoms with Gasteiger partial charge in [-0.25, -0.2) is 0 Å². The van der Waals surface area contributed by atoms with Crippen LogP contribution in [0, 0.1) is 10.8 Å². The highest BCUT2D eigenvalue weighted by molar-refractivity contribution is 5.43. The molecule has 0 saturated carbocycles. The van der Waals surface area contributed by atoms with E-state index in [1.54, 1.807) is 22.3 Å². The number of aryl methyl sites for hydroxylation is 2. The zero-order valence-corrected chi connectivity index (χ0v) is 15.6. The molecule has 0 nitrogen and oxygen atoms in total. The molecule has 0 heteroatoms. The van der Waals surface area contributed by atoms with Crippen molar-refractivity contribution in [2.75, 3.05) is 0 Å². The molecule has 2 aromatic carbocycles. The summed E-state index contributed by atoms with van der Waals surface area (Å²) in [4.78, 5) is 0. The van der Waals surface area contributed by atoms with Crippen molar-refractivity contribution in [2.45, 2.75) is 65.2 Å². The van der Waals surface area contributed by atoms with Gasteiger partial charge in [0, 0.05) is 0 Å². The second-order valence-electron chi connectivity index (χ2n) is 9.33. The normalized spacial score (nSPS) is 27.2. The van der Waals surface area contributed by atoms with Crippen LogP contribution in [0.5, 0.6) is 0 Å². The fourth-order valence-electron chi connectivity index (χ4n) is 5.46. The van der Waals surface area contributed by atoms with E-state index in [1.807, 2.05) is 0 Å². The van der Waals surface area contributed by atoms with Crippen molar-refractivity contribution in [1.82, 2.24) is 0 Å². The van der Waals surface area contributed by atoms with Crippen LogP contribution in [0.4, 0.5) is 0 Å². The summed E-state index contributed by atoms with van der Waals surface area (Å²) in [6, 6.07) is 18.5. The molecular weight excluding hydrogens is 288 g/mol. The van der Waals surface area contributed by atoms with E-state index < -0.39 is 0 Å². The van der Waals surface area contributed by atoms with Crippen LogP contribution in [0.15, 0.2) is 48.5 Å². The van der Waals surface area contributed by atoms with Gasteiger partial charge in [-0.2, -0.15) is 0 Å². The minimum Gasteiger partial charge on any atom is -0.0620 e. The Hall–Kier alpha value is -1.56. The number of fused-ring (bicyclic) bond motifs is 2. The summed E-state index contributed by atoms with van der Waals surface area (Å²) in [6.45, 7) is 10.0. The van der Waals surface area contributed by atoms with Gasteiger partial charge in [-0.15, -0.1) is 0 Å². The Morgan fingerprint density at radius 3 is 1.42 bits per heavy atom. The van der Waals surface area contributed by atoms with Crippen LogP contribution in [0.2, 0.25) is 0 Å². The smallest absolute Gasteiger partial charge is 0.00337 e. The summed E-state index contributed by atoms with van der Waals surface area (Å²) in [5, 5.41) is 0. The minimum atomic E-state index is 0.348. The molecule has 24 heavy (non-hydrogen) atoms. The van der Waals surface area contributed by atoms with E-state index in [0.29, 0.717) is 22.7 Å². The Morgan fingerprint density at radius 2 is 1.00 bits per heavy atom. The van der Waals surface area contributed by atoms with Crippen LogP contribution in [-0.4, -0.2) is 0 Å². The lowest BCUT2D eigenvalue weighted by molar-refractivity contribution is 0.125. The first kappa shape index (κ1) is 15.9. The maximum absolute atomic E-state index is 2.50. The third-order valence-corrected chi connectivity index (χ3v) is 6.87. The third kappa shape index (κ3) is 2.42. The van der Waals surface area contributed by atoms with Crippen LogP contribution in [0.25, 0.3) is 0 Å². The summed E-state index contributed by atoms with van der Waals surface area (Å²) in [5.41, 5.74) is 7.09. The predicted octanol–water partition coefficient (Wildman–Crippen LogP) is 6.50. The first-order chi connectivity index (χ1) is 11.4. The van der Waals surface area contributed by atoms with E-state index in [9.17, 15) is 0 Å². The summed E-state index contributed by atoms with van der Waals surface area (Å²) >= 11 is 0. The molecule has 0 radical (unpaired) electrons. The van der Waals surface area contributed by atoms with Crippen molar-refractivity contribution in [3.63, 3.8) is 0 Å². The minimum absolute atomic E-state index is 0.348. The molecule has 0 fully saturated rings. The standard InChI is InChI=1S/C24H30/c1-23(2)15-13-17-9-5-7-11-19(17)21(23)22-20-12-8-6-10-18(20)14-16-24(22,3)4/h5-12,21-22H,13-16H2,1-4H3.